The van der Waals surface area contributed by atoms with Gasteiger partial charge in [-0.15, -0.1) is 0 Å². The van der Waals surface area contributed by atoms with Crippen molar-refractivity contribution in [3.63, 3.8) is 0 Å². The summed E-state index contributed by atoms with van der Waals surface area (Å²) in [6.07, 6.45) is 0. The highest BCUT2D eigenvalue weighted by molar-refractivity contribution is 6.26. The first-order valence-electron chi connectivity index (χ1n) is 11.6. The van der Waals surface area contributed by atoms with Gasteiger partial charge in [-0.2, -0.15) is 5.26 Å². The van der Waals surface area contributed by atoms with E-state index in [2.05, 4.69) is 14.5 Å². The molecule has 6 nitrogen and oxygen atoms in total. The second kappa shape index (κ2) is 10.1. The van der Waals surface area contributed by atoms with Gasteiger partial charge in [-0.25, -0.2) is 42.6 Å². The highest BCUT2D eigenvalue weighted by Gasteiger charge is 2.34. The summed E-state index contributed by atoms with van der Waals surface area (Å²) in [4.78, 5) is 9.91. The van der Waals surface area contributed by atoms with Crippen LogP contribution in [0.5, 0.6) is 0 Å². The molecule has 10 heteroatoms. The number of halogens is 4. The lowest BCUT2D eigenvalue weighted by Crippen LogP contribution is -1.94. The molecule has 0 saturated heterocycles. The van der Waals surface area contributed by atoms with Crippen LogP contribution in [0.25, 0.3) is 48.1 Å². The van der Waals surface area contributed by atoms with Crippen molar-refractivity contribution in [1.82, 2.24) is 0 Å². The van der Waals surface area contributed by atoms with Gasteiger partial charge in [-0.05, 0) is 68.8 Å². The van der Waals surface area contributed by atoms with Gasteiger partial charge in [0.05, 0.1) is 37.4 Å². The van der Waals surface area contributed by atoms with Crippen molar-refractivity contribution in [3.05, 3.63) is 151 Å². The second-order valence-electron chi connectivity index (χ2n) is 8.79. The average Bonchev–Trinajstić information content (AvgIpc) is 3.47. The Kier molecular flexibility index (Phi) is 6.47. The van der Waals surface area contributed by atoms with Crippen LogP contribution in [-0.4, -0.2) is 0 Å². The van der Waals surface area contributed by atoms with Gasteiger partial charge < -0.3 is 0 Å². The van der Waals surface area contributed by atoms with E-state index < -0.39 is 34.7 Å². The lowest BCUT2D eigenvalue weighted by Gasteiger charge is -2.12. The lowest BCUT2D eigenvalue weighted by atomic mass is 9.91. The van der Waals surface area contributed by atoms with Gasteiger partial charge in [0, 0.05) is 11.1 Å². The first kappa shape index (κ1) is 26.9. The normalized spacial score (nSPS) is 15.4. The summed E-state index contributed by atoms with van der Waals surface area (Å²) in [6.45, 7) is 22.6. The van der Waals surface area contributed by atoms with E-state index in [1.165, 1.54) is 24.3 Å². The van der Waals surface area contributed by atoms with Crippen molar-refractivity contribution in [2.75, 3.05) is 0 Å². The fraction of sp³-hybridized carbons (Fsp3) is 0. The third-order valence-corrected chi connectivity index (χ3v) is 6.77. The van der Waals surface area contributed by atoms with Gasteiger partial charge in [0.2, 0.25) is 5.70 Å². The van der Waals surface area contributed by atoms with Crippen LogP contribution in [0.4, 0.5) is 17.6 Å². The molecular formula is C32H8F4N6. The molecule has 0 heterocycles. The number of rotatable bonds is 2. The summed E-state index contributed by atoms with van der Waals surface area (Å²) in [5, 5.41) is 29.2. The van der Waals surface area contributed by atoms with E-state index in [0.29, 0.717) is 0 Å². The Morgan fingerprint density at radius 2 is 1.00 bits per heavy atom. The smallest absolute Gasteiger partial charge is 0.237 e. The highest BCUT2D eigenvalue weighted by Crippen LogP contribution is 2.51. The summed E-state index contributed by atoms with van der Waals surface area (Å²) < 4.78 is 56.7. The third kappa shape index (κ3) is 3.82. The Morgan fingerprint density at radius 3 is 1.43 bits per heavy atom. The summed E-state index contributed by atoms with van der Waals surface area (Å²) in [5.41, 5.74) is -0.586. The zero-order valence-corrected chi connectivity index (χ0v) is 20.8. The Hall–Kier alpha value is -6.72. The van der Waals surface area contributed by atoms with Crippen molar-refractivity contribution < 1.29 is 17.6 Å². The number of fused-ring (bicyclic) bond motifs is 2. The minimum atomic E-state index is -1.23. The SMILES string of the molecule is [C-]#[N+]C1=C(c2ccc(C3=C(C#N)c4cc(F)c(F)cc4/C3=C(/C#N)[N+]#[C-])cc2)/C(=C(/C#N)[N+]#[C-])c2cc(F)c(F)cc21. The number of allylic oxidation sites excluding steroid dienone is 7. The number of hydrogen-bond acceptors (Lipinski definition) is 3. The monoisotopic (exact) mass is 552 g/mol. The first-order chi connectivity index (χ1) is 20.2. The fourth-order valence-corrected chi connectivity index (χ4v) is 5.06. The molecule has 42 heavy (non-hydrogen) atoms. The zero-order chi connectivity index (χ0) is 30.3. The van der Waals surface area contributed by atoms with E-state index in [-0.39, 0.29) is 66.9 Å². The predicted octanol–water partition coefficient (Wildman–Crippen LogP) is 7.80. The fourth-order valence-electron chi connectivity index (χ4n) is 5.06. The van der Waals surface area contributed by atoms with Crippen LogP contribution in [0.15, 0.2) is 59.9 Å². The number of benzene rings is 3. The second-order valence-corrected chi connectivity index (χ2v) is 8.79. The molecule has 3 aromatic carbocycles. The van der Waals surface area contributed by atoms with Crippen LogP contribution in [-0.2, 0) is 0 Å². The molecule has 2 aliphatic rings. The van der Waals surface area contributed by atoms with Crippen molar-refractivity contribution in [3.8, 4) is 18.2 Å². The van der Waals surface area contributed by atoms with Crippen LogP contribution in [0.1, 0.15) is 33.4 Å². The minimum absolute atomic E-state index is 0.0000799. The summed E-state index contributed by atoms with van der Waals surface area (Å²) in [7, 11) is 0. The maximum atomic E-state index is 14.2. The molecule has 5 rings (SSSR count). The molecular weight excluding hydrogens is 544 g/mol. The molecule has 0 bridgehead atoms. The van der Waals surface area contributed by atoms with Gasteiger partial charge in [-0.3, -0.25) is 0 Å². The summed E-state index contributed by atoms with van der Waals surface area (Å²) >= 11 is 0. The molecule has 0 unspecified atom stereocenters. The average molecular weight is 552 g/mol. The topological polar surface area (TPSA) is 84.5 Å². The van der Waals surface area contributed by atoms with Crippen LogP contribution in [0.3, 0.4) is 0 Å². The van der Waals surface area contributed by atoms with Crippen molar-refractivity contribution >= 4 is 33.6 Å². The standard InChI is InChI=1S/C32H8F4N6/c1-40-26(13-38)30-18-9-23(34)22(33)8-17(18)21(12-37)28(30)15-4-6-16(7-5-15)29-31(27(14-39)41-2)19-10-24(35)25(36)11-20(19)32(29)42-3/h4-11H/b30-26+,31-27-. The van der Waals surface area contributed by atoms with Crippen LogP contribution in [0.2, 0.25) is 0 Å². The van der Waals surface area contributed by atoms with E-state index in [4.69, 9.17) is 19.7 Å². The Labute approximate surface area is 236 Å². The molecule has 0 aliphatic heterocycles. The third-order valence-electron chi connectivity index (χ3n) is 6.77. The molecule has 2 aliphatic carbocycles. The van der Waals surface area contributed by atoms with E-state index in [0.717, 1.165) is 24.3 Å². The van der Waals surface area contributed by atoms with Gasteiger partial charge in [0.1, 0.15) is 6.07 Å². The van der Waals surface area contributed by atoms with Crippen molar-refractivity contribution in [2.24, 2.45) is 0 Å². The van der Waals surface area contributed by atoms with Crippen LogP contribution >= 0.6 is 0 Å². The Morgan fingerprint density at radius 1 is 0.595 bits per heavy atom. The Balaban J connectivity index is 1.76. The molecule has 0 radical (unpaired) electrons. The van der Waals surface area contributed by atoms with Crippen molar-refractivity contribution in [1.29, 1.82) is 15.8 Å². The number of nitriles is 3. The zero-order valence-electron chi connectivity index (χ0n) is 20.8. The largest absolute Gasteiger partial charge is 0.270 e. The summed E-state index contributed by atoms with van der Waals surface area (Å²) in [6, 6.07) is 14.5. The lowest BCUT2D eigenvalue weighted by molar-refractivity contribution is 0.508. The molecule has 0 amide bonds. The van der Waals surface area contributed by atoms with Crippen molar-refractivity contribution in [2.45, 2.75) is 0 Å². The van der Waals surface area contributed by atoms with E-state index in [1.807, 2.05) is 6.07 Å². The quantitative estimate of drug-likeness (QED) is 0.185. The maximum Gasteiger partial charge on any atom is 0.270 e. The van der Waals surface area contributed by atoms with Gasteiger partial charge >= 0.3 is 0 Å². The van der Waals surface area contributed by atoms with Crippen LogP contribution in [0, 0.1) is 77.0 Å². The van der Waals surface area contributed by atoms with Crippen LogP contribution < -0.4 is 0 Å². The van der Waals surface area contributed by atoms with E-state index in [1.54, 1.807) is 12.1 Å². The molecule has 0 fully saturated rings. The van der Waals surface area contributed by atoms with Gasteiger partial charge in [-0.1, -0.05) is 24.3 Å². The minimum Gasteiger partial charge on any atom is -0.237 e. The highest BCUT2D eigenvalue weighted by atomic mass is 19.2. The molecule has 194 valence electrons. The predicted molar refractivity (Wildman–Crippen MR) is 143 cm³/mol. The molecule has 0 N–H and O–H groups in total. The van der Waals surface area contributed by atoms with Gasteiger partial charge in [0.15, 0.2) is 23.3 Å². The van der Waals surface area contributed by atoms with Gasteiger partial charge in [0.25, 0.3) is 11.4 Å². The van der Waals surface area contributed by atoms with E-state index >= 15 is 0 Å². The molecule has 0 aromatic heterocycles. The number of nitrogens with zero attached hydrogens (tertiary/aromatic N) is 6. The molecule has 0 spiro atoms. The summed E-state index contributed by atoms with van der Waals surface area (Å²) in [5.74, 6) is -4.91. The first-order valence-corrected chi connectivity index (χ1v) is 11.6. The number of hydrogen-bond donors (Lipinski definition) is 0. The molecule has 3 aromatic rings. The maximum absolute atomic E-state index is 14.2. The molecule has 0 atom stereocenters. The molecule has 0 saturated carbocycles. The van der Waals surface area contributed by atoms with E-state index in [9.17, 15) is 33.3 Å². The Bertz CT molecular complexity index is 1990.